The van der Waals surface area contributed by atoms with Gasteiger partial charge in [-0.05, 0) is 30.0 Å². The number of halogens is 3. The van der Waals surface area contributed by atoms with Gasteiger partial charge in [0, 0.05) is 18.8 Å². The molecule has 0 atom stereocenters. The van der Waals surface area contributed by atoms with E-state index in [1.54, 1.807) is 0 Å². The van der Waals surface area contributed by atoms with Crippen LogP contribution in [0.4, 0.5) is 18.9 Å². The fourth-order valence-electron chi connectivity index (χ4n) is 2.22. The van der Waals surface area contributed by atoms with Gasteiger partial charge in [0.2, 0.25) is 0 Å². The fourth-order valence-corrected chi connectivity index (χ4v) is 2.22. The van der Waals surface area contributed by atoms with Gasteiger partial charge in [-0.1, -0.05) is 33.8 Å². The molecule has 0 saturated carbocycles. The zero-order valence-electron chi connectivity index (χ0n) is 14.3. The quantitative estimate of drug-likeness (QED) is 0.827. The van der Waals surface area contributed by atoms with Crippen molar-refractivity contribution in [2.75, 3.05) is 18.4 Å². The van der Waals surface area contributed by atoms with Crippen molar-refractivity contribution < 1.29 is 22.8 Å². The van der Waals surface area contributed by atoms with Crippen molar-refractivity contribution in [1.82, 2.24) is 4.90 Å². The van der Waals surface area contributed by atoms with Crippen molar-refractivity contribution >= 4 is 17.5 Å². The summed E-state index contributed by atoms with van der Waals surface area (Å²) in [6.07, 6.45) is -4.51. The number of hydrogen-bond donors (Lipinski definition) is 1. The molecular formula is C17H23F3N2O2. The van der Waals surface area contributed by atoms with Crippen molar-refractivity contribution in [1.29, 1.82) is 0 Å². The lowest BCUT2D eigenvalue weighted by Gasteiger charge is -2.25. The molecule has 0 spiro atoms. The fraction of sp³-hybridized carbons (Fsp3) is 0.529. The second-order valence-corrected chi connectivity index (χ2v) is 6.53. The Kier molecular flexibility index (Phi) is 6.81. The van der Waals surface area contributed by atoms with Crippen LogP contribution in [0, 0.1) is 11.8 Å². The summed E-state index contributed by atoms with van der Waals surface area (Å²) in [6.45, 7) is 8.51. The normalized spacial score (nSPS) is 11.7. The van der Waals surface area contributed by atoms with Crippen molar-refractivity contribution in [2.24, 2.45) is 11.8 Å². The Morgan fingerprint density at radius 2 is 1.62 bits per heavy atom. The third-order valence-electron chi connectivity index (χ3n) is 3.10. The molecule has 0 aliphatic rings. The first-order chi connectivity index (χ1) is 11.0. The Morgan fingerprint density at radius 1 is 1.08 bits per heavy atom. The van der Waals surface area contributed by atoms with Gasteiger partial charge in [-0.3, -0.25) is 9.59 Å². The van der Waals surface area contributed by atoms with Crippen molar-refractivity contribution in [3.63, 3.8) is 0 Å². The monoisotopic (exact) mass is 344 g/mol. The van der Waals surface area contributed by atoms with Gasteiger partial charge in [0.25, 0.3) is 0 Å². The number of nitrogens with one attached hydrogen (secondary N) is 1. The van der Waals surface area contributed by atoms with E-state index < -0.39 is 23.6 Å². The number of hydrogen-bond acceptors (Lipinski definition) is 2. The maximum Gasteiger partial charge on any atom is 0.416 e. The van der Waals surface area contributed by atoms with Gasteiger partial charge in [-0.15, -0.1) is 0 Å². The molecule has 0 aliphatic heterocycles. The van der Waals surface area contributed by atoms with Crippen LogP contribution >= 0.6 is 0 Å². The molecule has 0 aromatic heterocycles. The highest BCUT2D eigenvalue weighted by Crippen LogP contribution is 2.30. The number of alkyl halides is 3. The molecule has 7 heteroatoms. The van der Waals surface area contributed by atoms with Crippen LogP contribution < -0.4 is 5.32 Å². The highest BCUT2D eigenvalue weighted by atomic mass is 19.4. The predicted octanol–water partition coefficient (Wildman–Crippen LogP) is 3.78. The van der Waals surface area contributed by atoms with E-state index in [2.05, 4.69) is 5.32 Å². The van der Waals surface area contributed by atoms with E-state index in [0.717, 1.165) is 12.1 Å². The van der Waals surface area contributed by atoms with Crippen LogP contribution in [0.5, 0.6) is 0 Å². The van der Waals surface area contributed by atoms with Crippen LogP contribution in [-0.4, -0.2) is 29.8 Å². The van der Waals surface area contributed by atoms with Gasteiger partial charge >= 0.3 is 18.0 Å². The Labute approximate surface area is 140 Å². The van der Waals surface area contributed by atoms with E-state index in [1.165, 1.54) is 17.0 Å². The topological polar surface area (TPSA) is 49.4 Å². The number of carbonyl (C=O) groups is 2. The maximum atomic E-state index is 12.7. The third-order valence-corrected chi connectivity index (χ3v) is 3.10. The highest BCUT2D eigenvalue weighted by molar-refractivity contribution is 6.39. The molecule has 0 radical (unpaired) electrons. The van der Waals surface area contributed by atoms with Crippen LogP contribution in [0.15, 0.2) is 24.3 Å². The first-order valence-electron chi connectivity index (χ1n) is 7.78. The molecule has 4 nitrogen and oxygen atoms in total. The highest BCUT2D eigenvalue weighted by Gasteiger charge is 2.31. The van der Waals surface area contributed by atoms with E-state index in [-0.39, 0.29) is 17.5 Å². The van der Waals surface area contributed by atoms with Gasteiger partial charge in [0.15, 0.2) is 0 Å². The Bertz CT molecular complexity index is 573. The lowest BCUT2D eigenvalue weighted by molar-refractivity contribution is -0.143. The summed E-state index contributed by atoms with van der Waals surface area (Å²) in [7, 11) is 0. The molecule has 0 fully saturated rings. The summed E-state index contributed by atoms with van der Waals surface area (Å²) in [5, 5.41) is 2.25. The number of rotatable bonds is 5. The number of benzene rings is 1. The van der Waals surface area contributed by atoms with Crippen molar-refractivity contribution in [3.05, 3.63) is 29.8 Å². The summed E-state index contributed by atoms with van der Waals surface area (Å²) < 4.78 is 38.1. The average molecular weight is 344 g/mol. The van der Waals surface area contributed by atoms with E-state index >= 15 is 0 Å². The van der Waals surface area contributed by atoms with Gasteiger partial charge in [0.1, 0.15) is 0 Å². The van der Waals surface area contributed by atoms with Gasteiger partial charge in [-0.2, -0.15) is 13.2 Å². The Balaban J connectivity index is 2.86. The first-order valence-corrected chi connectivity index (χ1v) is 7.78. The molecule has 1 aromatic carbocycles. The molecule has 1 N–H and O–H groups in total. The van der Waals surface area contributed by atoms with Crippen LogP contribution in [0.1, 0.15) is 33.3 Å². The van der Waals surface area contributed by atoms with Crippen LogP contribution in [0.3, 0.4) is 0 Å². The molecule has 1 aromatic rings. The molecule has 0 bridgehead atoms. The van der Waals surface area contributed by atoms with Crippen molar-refractivity contribution in [2.45, 2.75) is 33.9 Å². The average Bonchev–Trinajstić information content (AvgIpc) is 2.44. The predicted molar refractivity (Wildman–Crippen MR) is 86.3 cm³/mol. The number of carbonyl (C=O) groups excluding carboxylic acids is 2. The molecule has 2 amide bonds. The van der Waals surface area contributed by atoms with Gasteiger partial charge in [-0.25, -0.2) is 0 Å². The molecule has 0 unspecified atom stereocenters. The number of nitrogens with zero attached hydrogens (tertiary/aromatic N) is 1. The van der Waals surface area contributed by atoms with Gasteiger partial charge in [0.05, 0.1) is 5.56 Å². The molecule has 0 aliphatic carbocycles. The summed E-state index contributed by atoms with van der Waals surface area (Å²) in [5.74, 6) is -1.33. The SMILES string of the molecule is CC(C)CN(CC(C)C)C(=O)C(=O)Nc1cccc(C(F)(F)F)c1. The van der Waals surface area contributed by atoms with Gasteiger partial charge < -0.3 is 10.2 Å². The lowest BCUT2D eigenvalue weighted by Crippen LogP contribution is -2.43. The van der Waals surface area contributed by atoms with E-state index in [4.69, 9.17) is 0 Å². The maximum absolute atomic E-state index is 12.7. The minimum absolute atomic E-state index is 0.0581. The Hall–Kier alpha value is -2.05. The summed E-state index contributed by atoms with van der Waals surface area (Å²) >= 11 is 0. The smallest absolute Gasteiger partial charge is 0.334 e. The van der Waals surface area contributed by atoms with Crippen LogP contribution in [-0.2, 0) is 15.8 Å². The lowest BCUT2D eigenvalue weighted by atomic mass is 10.1. The molecule has 24 heavy (non-hydrogen) atoms. The molecular weight excluding hydrogens is 321 g/mol. The summed E-state index contributed by atoms with van der Waals surface area (Å²) in [6, 6.07) is 4.21. The van der Waals surface area contributed by atoms with E-state index in [9.17, 15) is 22.8 Å². The summed E-state index contributed by atoms with van der Waals surface area (Å²) in [4.78, 5) is 25.8. The third kappa shape index (κ3) is 6.22. The molecule has 1 rings (SSSR count). The number of anilines is 1. The molecule has 134 valence electrons. The minimum atomic E-state index is -4.51. The molecule has 0 heterocycles. The Morgan fingerprint density at radius 3 is 2.08 bits per heavy atom. The van der Waals surface area contributed by atoms with Crippen molar-refractivity contribution in [3.8, 4) is 0 Å². The standard InChI is InChI=1S/C17H23F3N2O2/c1-11(2)9-22(10-12(3)4)16(24)15(23)21-14-7-5-6-13(8-14)17(18,19)20/h5-8,11-12H,9-10H2,1-4H3,(H,21,23). The zero-order valence-corrected chi connectivity index (χ0v) is 14.3. The second kappa shape index (κ2) is 8.17. The first kappa shape index (κ1) is 20.0. The number of amides is 2. The summed E-state index contributed by atoms with van der Waals surface area (Å²) in [5.41, 5.74) is -0.939. The zero-order chi connectivity index (χ0) is 18.5. The van der Waals surface area contributed by atoms with E-state index in [0.29, 0.717) is 13.1 Å². The largest absolute Gasteiger partial charge is 0.416 e. The van der Waals surface area contributed by atoms with Crippen LogP contribution in [0.2, 0.25) is 0 Å². The van der Waals surface area contributed by atoms with Crippen LogP contribution in [0.25, 0.3) is 0 Å². The van der Waals surface area contributed by atoms with E-state index in [1.807, 2.05) is 27.7 Å². The molecule has 0 saturated heterocycles. The minimum Gasteiger partial charge on any atom is -0.334 e. The second-order valence-electron chi connectivity index (χ2n) is 6.53.